The van der Waals surface area contributed by atoms with Crippen molar-refractivity contribution in [2.75, 3.05) is 5.32 Å². The highest BCUT2D eigenvalue weighted by Crippen LogP contribution is 2.23. The highest BCUT2D eigenvalue weighted by atomic mass is 35.5. The second-order valence-electron chi connectivity index (χ2n) is 4.30. The minimum absolute atomic E-state index is 0.246. The first-order valence-corrected chi connectivity index (χ1v) is 7.23. The number of rotatable bonds is 4. The van der Waals surface area contributed by atoms with Crippen LogP contribution in [0.15, 0.2) is 36.4 Å². The van der Waals surface area contributed by atoms with Gasteiger partial charge in [0.2, 0.25) is 0 Å². The molecule has 1 aromatic carbocycles. The highest BCUT2D eigenvalue weighted by Gasteiger charge is 2.09. The average Bonchev–Trinajstić information content (AvgIpc) is 2.86. The Bertz CT molecular complexity index is 721. The maximum absolute atomic E-state index is 12.0. The first-order chi connectivity index (χ1) is 9.95. The van der Waals surface area contributed by atoms with Crippen LogP contribution < -0.4 is 5.32 Å². The normalized spacial score (nSPS) is 10.8. The molecule has 1 heterocycles. The standard InChI is InChI=1S/C15H12ClNO3S/c1-9-2-4-11(8-10(9)3-7-14(18)19)17-15(20)12-5-6-13(16)21-12/h2-8H,1H3,(H,17,20)(H,18,19). The van der Waals surface area contributed by atoms with Crippen LogP contribution in [0.3, 0.4) is 0 Å². The van der Waals surface area contributed by atoms with Gasteiger partial charge in [-0.1, -0.05) is 17.7 Å². The molecule has 0 atom stereocenters. The average molecular weight is 322 g/mol. The van der Waals surface area contributed by atoms with E-state index in [1.54, 1.807) is 24.3 Å². The van der Waals surface area contributed by atoms with Crippen molar-refractivity contribution < 1.29 is 14.7 Å². The predicted molar refractivity (Wildman–Crippen MR) is 85.1 cm³/mol. The zero-order valence-electron chi connectivity index (χ0n) is 11.1. The largest absolute Gasteiger partial charge is 0.478 e. The maximum Gasteiger partial charge on any atom is 0.328 e. The number of nitrogens with one attached hydrogen (secondary N) is 1. The highest BCUT2D eigenvalue weighted by molar-refractivity contribution is 7.18. The Hall–Kier alpha value is -2.11. The number of carboxylic acid groups (broad SMARTS) is 1. The Morgan fingerprint density at radius 2 is 2.05 bits per heavy atom. The number of carbonyl (C=O) groups excluding carboxylic acids is 1. The Morgan fingerprint density at radius 1 is 1.29 bits per heavy atom. The van der Waals surface area contributed by atoms with Gasteiger partial charge in [-0.05, 0) is 48.4 Å². The van der Waals surface area contributed by atoms with Crippen molar-refractivity contribution in [3.63, 3.8) is 0 Å². The van der Waals surface area contributed by atoms with Gasteiger partial charge in [-0.15, -0.1) is 11.3 Å². The number of anilines is 1. The van der Waals surface area contributed by atoms with Gasteiger partial charge in [0, 0.05) is 11.8 Å². The van der Waals surface area contributed by atoms with E-state index >= 15 is 0 Å². The summed E-state index contributed by atoms with van der Waals surface area (Å²) in [6.07, 6.45) is 2.56. The fourth-order valence-electron chi connectivity index (χ4n) is 1.69. The van der Waals surface area contributed by atoms with Crippen LogP contribution in [0.4, 0.5) is 5.69 Å². The van der Waals surface area contributed by atoms with Crippen LogP contribution in [0.2, 0.25) is 4.34 Å². The quantitative estimate of drug-likeness (QED) is 0.834. The van der Waals surface area contributed by atoms with E-state index in [-0.39, 0.29) is 5.91 Å². The van der Waals surface area contributed by atoms with E-state index in [1.807, 2.05) is 13.0 Å². The van der Waals surface area contributed by atoms with Gasteiger partial charge in [0.05, 0.1) is 9.21 Å². The summed E-state index contributed by atoms with van der Waals surface area (Å²) in [7, 11) is 0. The molecule has 0 unspecified atom stereocenters. The molecule has 0 spiro atoms. The number of aliphatic carboxylic acids is 1. The van der Waals surface area contributed by atoms with Gasteiger partial charge in [0.25, 0.3) is 5.91 Å². The molecule has 0 saturated heterocycles. The molecule has 0 aliphatic rings. The van der Waals surface area contributed by atoms with Crippen LogP contribution in [0.5, 0.6) is 0 Å². The van der Waals surface area contributed by atoms with E-state index in [0.29, 0.717) is 14.9 Å². The second kappa shape index (κ2) is 6.56. The lowest BCUT2D eigenvalue weighted by Gasteiger charge is -2.07. The number of thiophene rings is 1. The first-order valence-electron chi connectivity index (χ1n) is 6.04. The zero-order chi connectivity index (χ0) is 15.4. The lowest BCUT2D eigenvalue weighted by atomic mass is 10.1. The van der Waals surface area contributed by atoms with E-state index in [9.17, 15) is 9.59 Å². The van der Waals surface area contributed by atoms with Crippen LogP contribution in [0.1, 0.15) is 20.8 Å². The molecule has 1 amide bonds. The summed E-state index contributed by atoms with van der Waals surface area (Å²) in [4.78, 5) is 23.1. The fourth-order valence-corrected chi connectivity index (χ4v) is 2.63. The second-order valence-corrected chi connectivity index (χ2v) is 6.02. The van der Waals surface area contributed by atoms with Gasteiger partial charge in [-0.2, -0.15) is 0 Å². The van der Waals surface area contributed by atoms with Gasteiger partial charge in [0.1, 0.15) is 0 Å². The molecule has 0 saturated carbocycles. The number of carbonyl (C=O) groups is 2. The summed E-state index contributed by atoms with van der Waals surface area (Å²) >= 11 is 7.00. The molecule has 4 nitrogen and oxygen atoms in total. The Labute approximate surface area is 130 Å². The summed E-state index contributed by atoms with van der Waals surface area (Å²) in [5.74, 6) is -1.26. The molecule has 0 radical (unpaired) electrons. The fraction of sp³-hybridized carbons (Fsp3) is 0.0667. The summed E-state index contributed by atoms with van der Waals surface area (Å²) in [5.41, 5.74) is 2.25. The third-order valence-electron chi connectivity index (χ3n) is 2.74. The lowest BCUT2D eigenvalue weighted by molar-refractivity contribution is -0.131. The molecule has 6 heteroatoms. The van der Waals surface area contributed by atoms with Gasteiger partial charge in [-0.3, -0.25) is 4.79 Å². The monoisotopic (exact) mass is 321 g/mol. The molecular weight excluding hydrogens is 310 g/mol. The predicted octanol–water partition coefficient (Wildman–Crippen LogP) is 4.06. The molecule has 0 bridgehead atoms. The van der Waals surface area contributed by atoms with Crippen LogP contribution in [0.25, 0.3) is 6.08 Å². The number of benzene rings is 1. The Kier molecular flexibility index (Phi) is 4.77. The minimum atomic E-state index is -1.02. The molecule has 21 heavy (non-hydrogen) atoms. The van der Waals surface area contributed by atoms with E-state index in [4.69, 9.17) is 16.7 Å². The summed E-state index contributed by atoms with van der Waals surface area (Å²) < 4.78 is 0.550. The molecule has 2 rings (SSSR count). The SMILES string of the molecule is Cc1ccc(NC(=O)c2ccc(Cl)s2)cc1C=CC(=O)O. The first kappa shape index (κ1) is 15.3. The van der Waals surface area contributed by atoms with Crippen LogP contribution in [0, 0.1) is 6.92 Å². The van der Waals surface area contributed by atoms with Crippen LogP contribution in [-0.2, 0) is 4.79 Å². The van der Waals surface area contributed by atoms with E-state index in [2.05, 4.69) is 5.32 Å². The van der Waals surface area contributed by atoms with Crippen molar-refractivity contribution in [1.82, 2.24) is 0 Å². The van der Waals surface area contributed by atoms with Crippen LogP contribution >= 0.6 is 22.9 Å². The molecule has 2 aromatic rings. The van der Waals surface area contributed by atoms with Crippen molar-refractivity contribution in [3.8, 4) is 0 Å². The smallest absolute Gasteiger partial charge is 0.328 e. The molecule has 1 aromatic heterocycles. The minimum Gasteiger partial charge on any atom is -0.478 e. The number of hydrogen-bond acceptors (Lipinski definition) is 3. The topological polar surface area (TPSA) is 66.4 Å². The summed E-state index contributed by atoms with van der Waals surface area (Å²) in [5, 5.41) is 11.4. The van der Waals surface area contributed by atoms with E-state index < -0.39 is 5.97 Å². The molecule has 0 aliphatic heterocycles. The van der Waals surface area contributed by atoms with Gasteiger partial charge in [-0.25, -0.2) is 4.79 Å². The zero-order valence-corrected chi connectivity index (χ0v) is 12.7. The van der Waals surface area contributed by atoms with E-state index in [0.717, 1.165) is 17.2 Å². The van der Waals surface area contributed by atoms with Crippen molar-refractivity contribution in [2.24, 2.45) is 0 Å². The summed E-state index contributed by atoms with van der Waals surface area (Å²) in [6.45, 7) is 1.87. The molecule has 0 fully saturated rings. The summed E-state index contributed by atoms with van der Waals surface area (Å²) in [6, 6.07) is 8.63. The lowest BCUT2D eigenvalue weighted by Crippen LogP contribution is -2.10. The van der Waals surface area contributed by atoms with Crippen molar-refractivity contribution in [1.29, 1.82) is 0 Å². The van der Waals surface area contributed by atoms with Crippen molar-refractivity contribution in [3.05, 3.63) is 56.7 Å². The third-order valence-corrected chi connectivity index (χ3v) is 3.97. The van der Waals surface area contributed by atoms with Crippen LogP contribution in [-0.4, -0.2) is 17.0 Å². The van der Waals surface area contributed by atoms with Gasteiger partial charge < -0.3 is 10.4 Å². The van der Waals surface area contributed by atoms with E-state index in [1.165, 1.54) is 17.4 Å². The van der Waals surface area contributed by atoms with Crippen molar-refractivity contribution >= 4 is 46.6 Å². The molecular formula is C15H12ClNO3S. The number of hydrogen-bond donors (Lipinski definition) is 2. The third kappa shape index (κ3) is 4.18. The van der Waals surface area contributed by atoms with Gasteiger partial charge >= 0.3 is 5.97 Å². The number of amides is 1. The Balaban J connectivity index is 2.19. The van der Waals surface area contributed by atoms with Gasteiger partial charge in [0.15, 0.2) is 0 Å². The number of aryl methyl sites for hydroxylation is 1. The molecule has 2 N–H and O–H groups in total. The maximum atomic E-state index is 12.0. The number of carboxylic acids is 1. The Morgan fingerprint density at radius 3 is 2.67 bits per heavy atom. The number of halogens is 1. The van der Waals surface area contributed by atoms with Crippen molar-refractivity contribution in [2.45, 2.75) is 6.92 Å². The molecule has 108 valence electrons. The molecule has 0 aliphatic carbocycles.